The van der Waals surface area contributed by atoms with Crippen molar-refractivity contribution in [2.24, 2.45) is 0 Å². The maximum absolute atomic E-state index is 5.97. The van der Waals surface area contributed by atoms with E-state index in [0.717, 1.165) is 0 Å². The van der Waals surface area contributed by atoms with Gasteiger partial charge in [0.25, 0.3) is 0 Å². The summed E-state index contributed by atoms with van der Waals surface area (Å²) < 4.78 is 21.8. The molecule has 0 aliphatic heterocycles. The van der Waals surface area contributed by atoms with E-state index < -0.39 is 0 Å². The van der Waals surface area contributed by atoms with Crippen molar-refractivity contribution in [3.63, 3.8) is 0 Å². The first-order valence-electron chi connectivity index (χ1n) is 2.86. The first-order chi connectivity index (χ1) is 4.91. The van der Waals surface area contributed by atoms with E-state index in [1.54, 1.807) is 0 Å². The summed E-state index contributed by atoms with van der Waals surface area (Å²) in [7, 11) is 8.17. The maximum atomic E-state index is 5.97. The van der Waals surface area contributed by atoms with E-state index in [4.69, 9.17) is 16.3 Å². The van der Waals surface area contributed by atoms with E-state index >= 15 is 0 Å². The standard InChI is InChI=1S/BH2N.2BHN.H2/c3*1-2;/h1-2H;2*2H;1H/p+1/i1T,2T;;;1+2D. The number of nitrogens with one attached hydrogen (secondary N) is 3. The van der Waals surface area contributed by atoms with Gasteiger partial charge in [-0.05, 0) is 0 Å². The Morgan fingerprint density at radius 2 is 2.33 bits per heavy atom. The molecule has 0 aromatic carbocycles. The summed E-state index contributed by atoms with van der Waals surface area (Å²) in [6.07, 6.45) is 0. The van der Waals surface area contributed by atoms with Gasteiger partial charge in [0.2, 0.25) is 0 Å². The average Bonchev–Trinajstić information content (AvgIpc) is 2.14. The van der Waals surface area contributed by atoms with Crippen LogP contribution < -0.4 is 0 Å². The molecule has 30 valence electrons. The molecule has 0 aliphatic carbocycles. The van der Waals surface area contributed by atoms with Crippen molar-refractivity contribution >= 4 is 22.9 Å². The molecule has 6 heavy (non-hydrogen) atoms. The second-order valence-electron chi connectivity index (χ2n) is 0. The predicted octanol–water partition coefficient (Wildman–Crippen LogP) is -0.157. The van der Waals surface area contributed by atoms with Crippen LogP contribution in [0.2, 0.25) is 1.41 Å². The van der Waals surface area contributed by atoms with Crippen LogP contribution in [0.5, 0.6) is 0 Å². The first kappa shape index (κ1) is 3.77. The fourth-order valence-electron chi connectivity index (χ4n) is 0. The fourth-order valence-corrected chi connectivity index (χ4v) is 0. The van der Waals surface area contributed by atoms with Crippen molar-refractivity contribution in [2.75, 3.05) is 0 Å². The zero-order valence-corrected chi connectivity index (χ0v) is 3.18. The van der Waals surface area contributed by atoms with Gasteiger partial charge in [-0.25, -0.2) is 0 Å². The second-order valence-corrected chi connectivity index (χ2v) is 0. The summed E-state index contributed by atoms with van der Waals surface area (Å²) in [6, 6.07) is 0. The van der Waals surface area contributed by atoms with E-state index in [9.17, 15) is 0 Å². The molecule has 0 bridgehead atoms. The Balaban J connectivity index is -0.0000000152. The summed E-state index contributed by atoms with van der Waals surface area (Å²) in [5.41, 5.74) is 0. The Labute approximate surface area is 47.3 Å². The molecule has 6 heteroatoms. The third-order valence-electron chi connectivity index (χ3n) is 0. The molecule has 0 aliphatic rings. The van der Waals surface area contributed by atoms with Crippen LogP contribution in [0, 0.1) is 15.9 Å². The maximum Gasteiger partial charge on any atom is 1.00 e. The number of hydrogen-bond acceptors (Lipinski definition) is 3. The number of hydrogen-bond donors (Lipinski definition) is 3. The van der Waals surface area contributed by atoms with Gasteiger partial charge in [0.05, 0.1) is 0 Å². The topological polar surface area (TPSA) is 71.6 Å². The number of rotatable bonds is 0. The second kappa shape index (κ2) is 362. The summed E-state index contributed by atoms with van der Waals surface area (Å²) >= 11 is 0. The molecule has 3 nitrogen and oxygen atoms in total. The first-order valence-corrected chi connectivity index (χ1v) is 0.836. The van der Waals surface area contributed by atoms with Crippen molar-refractivity contribution in [1.82, 2.24) is 0 Å². The zero-order chi connectivity index (χ0) is 9.41. The third kappa shape index (κ3) is 147. The van der Waals surface area contributed by atoms with Crippen LogP contribution in [0.15, 0.2) is 0 Å². The van der Waals surface area contributed by atoms with Gasteiger partial charge < -0.3 is 0 Å². The van der Waals surface area contributed by atoms with Crippen molar-refractivity contribution < 1.29 is 5.81 Å². The van der Waals surface area contributed by atoms with Crippen molar-refractivity contribution in [2.45, 2.75) is 0 Å². The minimum atomic E-state index is 0. The van der Waals surface area contributed by atoms with Crippen molar-refractivity contribution in [3.8, 4) is 0 Å². The molecule has 0 saturated carbocycles. The molecule has 3 N–H and O–H groups in total. The Morgan fingerprint density at radius 3 is 2.33 bits per heavy atom. The summed E-state index contributed by atoms with van der Waals surface area (Å²) in [5, 5.41) is 13.0. The molecular weight excluding hydrogens is 74.5 g/mol. The zero-order valence-electron chi connectivity index (χ0n) is 8.18. The summed E-state index contributed by atoms with van der Waals surface area (Å²) in [6.45, 7) is 0. The third-order valence-corrected chi connectivity index (χ3v) is 0. The quantitative estimate of drug-likeness (QED) is 0.345. The van der Waals surface area contributed by atoms with Gasteiger partial charge in [-0.15, -0.1) is 0 Å². The normalized spacial score (nSPS) is 7.67. The van der Waals surface area contributed by atoms with Gasteiger partial charge in [0.1, 0.15) is 0 Å². The van der Waals surface area contributed by atoms with Crippen LogP contribution in [0.4, 0.5) is 0 Å². The monoisotopic (exact) mass is 89.1 g/mol. The Kier molecular flexibility index (Phi) is 227. The van der Waals surface area contributed by atoms with Gasteiger partial charge in [0, 0.05) is 2.97 Å². The van der Waals surface area contributed by atoms with Gasteiger partial charge in [0.15, 0.2) is 0 Å². The molecule has 0 fully saturated rings. The molecule has 0 saturated heterocycles. The van der Waals surface area contributed by atoms with Gasteiger partial charge in [-0.2, -0.15) is 0 Å². The Morgan fingerprint density at radius 1 is 2.17 bits per heavy atom. The van der Waals surface area contributed by atoms with Crippen LogP contribution in [0.3, 0.4) is 0 Å². The van der Waals surface area contributed by atoms with Gasteiger partial charge in [-0.1, -0.05) is 0 Å². The van der Waals surface area contributed by atoms with E-state index in [0.29, 0.717) is 7.60 Å². The van der Waals surface area contributed by atoms with Crippen molar-refractivity contribution in [3.05, 3.63) is 0 Å². The minimum absolute atomic E-state index is 0. The van der Waals surface area contributed by atoms with E-state index in [-0.39, 0.29) is 1.43 Å². The van der Waals surface area contributed by atoms with Crippen LogP contribution in [-0.2, 0) is 0 Å². The molecule has 2 radical (unpaired) electrons. The van der Waals surface area contributed by atoms with Gasteiger partial charge >= 0.3 is 43.0 Å². The molecule has 0 rings (SSSR count). The molecule has 0 aromatic heterocycles. The molecule has 0 unspecified atom stereocenters. The molecule has 0 spiro atoms. The van der Waals surface area contributed by atoms with Crippen LogP contribution in [0.1, 0.15) is 4.40 Å². The van der Waals surface area contributed by atoms with Crippen LogP contribution in [0.25, 0.3) is 0 Å². The van der Waals surface area contributed by atoms with E-state index in [1.807, 2.05) is 0 Å². The SMILES string of the molecule is [2H][3H].[3H]B=N[3H].[B]=N.[B]=N.[H+]. The Bertz CT molecular complexity index is 46.2. The van der Waals surface area contributed by atoms with Crippen molar-refractivity contribution in [1.29, 1.82) is 17.3 Å². The largest absolute Gasteiger partial charge is 1.00 e. The summed E-state index contributed by atoms with van der Waals surface area (Å²) in [5.74, 6) is 0. The van der Waals surface area contributed by atoms with Crippen LogP contribution >= 0.6 is 0 Å². The molecular formula is H7B3N3+. The van der Waals surface area contributed by atoms with Crippen LogP contribution in [-0.4, -0.2) is 24.2 Å². The molecule has 0 amide bonds. The minimum Gasteiger partial charge on any atom is 1.00 e. The fraction of sp³-hybridized carbons (Fsp3) is 0. The predicted molar refractivity (Wildman–Crippen MR) is 30.0 cm³/mol. The molecule has 0 atom stereocenters. The summed E-state index contributed by atoms with van der Waals surface area (Å²) in [4.78, 5) is 0. The average molecular weight is 88.5 g/mol. The van der Waals surface area contributed by atoms with E-state index in [1.165, 1.54) is 0 Å². The van der Waals surface area contributed by atoms with E-state index in [2.05, 4.69) is 20.6 Å². The molecule has 0 heterocycles. The Hall–Kier alpha value is -0.405. The molecule has 0 aromatic rings. The smallest absolute Gasteiger partial charge is 1.00 e. The van der Waals surface area contributed by atoms with Gasteiger partial charge in [-0.3, -0.25) is 0 Å².